The van der Waals surface area contributed by atoms with Crippen LogP contribution in [-0.2, 0) is 0 Å². The summed E-state index contributed by atoms with van der Waals surface area (Å²) < 4.78 is 13.0. The normalized spacial score (nSPS) is 28.9. The third-order valence-electron chi connectivity index (χ3n) is 4.02. The molecule has 0 aromatic heterocycles. The maximum absolute atomic E-state index is 13.0. The third-order valence-corrected chi connectivity index (χ3v) is 4.02. The number of rotatable bonds is 3. The van der Waals surface area contributed by atoms with Gasteiger partial charge in [0.05, 0.1) is 0 Å². The number of hydrogen-bond donors (Lipinski definition) is 1. The molecule has 16 heavy (non-hydrogen) atoms. The lowest BCUT2D eigenvalue weighted by Gasteiger charge is -2.45. The molecule has 1 nitrogen and oxygen atoms in total. The summed E-state index contributed by atoms with van der Waals surface area (Å²) >= 11 is 0. The molecule has 1 N–H and O–H groups in total. The summed E-state index contributed by atoms with van der Waals surface area (Å²) in [4.78, 5) is 0. The Hall–Kier alpha value is -0.890. The molecule has 2 rings (SSSR count). The highest BCUT2D eigenvalue weighted by molar-refractivity contribution is 5.33. The smallest absolute Gasteiger partial charge is 0.123 e. The lowest BCUT2D eigenvalue weighted by molar-refractivity contribution is 0.168. The van der Waals surface area contributed by atoms with Gasteiger partial charge in [-0.2, -0.15) is 0 Å². The van der Waals surface area contributed by atoms with Gasteiger partial charge in [-0.3, -0.25) is 0 Å². The molecule has 3 unspecified atom stereocenters. The molecule has 0 saturated heterocycles. The first-order valence-electron chi connectivity index (χ1n) is 6.10. The molecule has 0 amide bonds. The zero-order valence-corrected chi connectivity index (χ0v) is 10.3. The van der Waals surface area contributed by atoms with Crippen LogP contribution in [0.2, 0.25) is 0 Å². The third kappa shape index (κ3) is 1.86. The largest absolute Gasteiger partial charge is 0.317 e. The van der Waals surface area contributed by atoms with Crippen molar-refractivity contribution in [2.75, 3.05) is 7.05 Å². The van der Waals surface area contributed by atoms with Gasteiger partial charge in [-0.15, -0.1) is 0 Å². The van der Waals surface area contributed by atoms with E-state index in [1.807, 2.05) is 20.0 Å². The van der Waals surface area contributed by atoms with Crippen LogP contribution in [0.5, 0.6) is 0 Å². The molecule has 88 valence electrons. The van der Waals surface area contributed by atoms with E-state index < -0.39 is 0 Å². The van der Waals surface area contributed by atoms with Gasteiger partial charge in [0.25, 0.3) is 0 Å². The van der Waals surface area contributed by atoms with Gasteiger partial charge < -0.3 is 5.32 Å². The fourth-order valence-corrected chi connectivity index (χ4v) is 3.02. The quantitative estimate of drug-likeness (QED) is 0.826. The SMILES string of the molecule is CCC1C(NC)CC1c1ccc(F)cc1C. The van der Waals surface area contributed by atoms with Crippen LogP contribution >= 0.6 is 0 Å². The van der Waals surface area contributed by atoms with Crippen LogP contribution in [0.15, 0.2) is 18.2 Å². The van der Waals surface area contributed by atoms with Crippen LogP contribution in [0.4, 0.5) is 4.39 Å². The first-order chi connectivity index (χ1) is 7.67. The summed E-state index contributed by atoms with van der Waals surface area (Å²) in [5, 5.41) is 3.36. The topological polar surface area (TPSA) is 12.0 Å². The molecule has 0 bridgehead atoms. The van der Waals surface area contributed by atoms with Crippen LogP contribution in [-0.4, -0.2) is 13.1 Å². The Bertz CT molecular complexity index is 375. The van der Waals surface area contributed by atoms with Gasteiger partial charge in [0.2, 0.25) is 0 Å². The van der Waals surface area contributed by atoms with Crippen molar-refractivity contribution >= 4 is 0 Å². The Balaban J connectivity index is 2.19. The minimum Gasteiger partial charge on any atom is -0.317 e. The van der Waals surface area contributed by atoms with E-state index in [4.69, 9.17) is 0 Å². The van der Waals surface area contributed by atoms with Gasteiger partial charge >= 0.3 is 0 Å². The van der Waals surface area contributed by atoms with Gasteiger partial charge in [0, 0.05) is 6.04 Å². The van der Waals surface area contributed by atoms with E-state index in [1.165, 1.54) is 18.4 Å². The first-order valence-corrected chi connectivity index (χ1v) is 6.10. The standard InChI is InChI=1S/C14H20FN/c1-4-11-13(8-14(11)16-3)12-6-5-10(15)7-9(12)2/h5-7,11,13-14,16H,4,8H2,1-3H3. The van der Waals surface area contributed by atoms with Crippen LogP contribution in [0, 0.1) is 18.7 Å². The fourth-order valence-electron chi connectivity index (χ4n) is 3.02. The number of nitrogens with one attached hydrogen (secondary N) is 1. The first kappa shape index (κ1) is 11.6. The molecule has 2 heteroatoms. The van der Waals surface area contributed by atoms with Crippen molar-refractivity contribution in [3.05, 3.63) is 35.1 Å². The molecule has 1 aromatic carbocycles. The Kier molecular flexibility index (Phi) is 3.29. The van der Waals surface area contributed by atoms with E-state index in [9.17, 15) is 4.39 Å². The van der Waals surface area contributed by atoms with Crippen molar-refractivity contribution in [1.82, 2.24) is 5.32 Å². The molecule has 1 aromatic rings. The number of hydrogen-bond acceptors (Lipinski definition) is 1. The van der Waals surface area contributed by atoms with E-state index in [0.29, 0.717) is 17.9 Å². The Morgan fingerprint density at radius 1 is 1.44 bits per heavy atom. The van der Waals surface area contributed by atoms with Crippen molar-refractivity contribution in [2.24, 2.45) is 5.92 Å². The van der Waals surface area contributed by atoms with Gasteiger partial charge in [0.1, 0.15) is 5.82 Å². The summed E-state index contributed by atoms with van der Waals surface area (Å²) in [6.07, 6.45) is 2.37. The zero-order chi connectivity index (χ0) is 11.7. The summed E-state index contributed by atoms with van der Waals surface area (Å²) in [5.41, 5.74) is 2.43. The highest BCUT2D eigenvalue weighted by atomic mass is 19.1. The van der Waals surface area contributed by atoms with Crippen LogP contribution in [0.1, 0.15) is 36.8 Å². The highest BCUT2D eigenvalue weighted by Gasteiger charge is 2.39. The molecule has 0 aliphatic heterocycles. The molecule has 1 fully saturated rings. The second-order valence-corrected chi connectivity index (χ2v) is 4.81. The van der Waals surface area contributed by atoms with Crippen LogP contribution < -0.4 is 5.32 Å². The Morgan fingerprint density at radius 3 is 2.75 bits per heavy atom. The zero-order valence-electron chi connectivity index (χ0n) is 10.3. The molecule has 1 aliphatic rings. The molecule has 3 atom stereocenters. The van der Waals surface area contributed by atoms with E-state index in [2.05, 4.69) is 12.2 Å². The molecule has 0 heterocycles. The number of halogens is 1. The predicted molar refractivity (Wildman–Crippen MR) is 65.1 cm³/mol. The number of benzene rings is 1. The predicted octanol–water partition coefficient (Wildman–Crippen LogP) is 3.24. The summed E-state index contributed by atoms with van der Waals surface area (Å²) in [6, 6.07) is 5.83. The lowest BCUT2D eigenvalue weighted by Crippen LogP contribution is -2.47. The average Bonchev–Trinajstić information content (AvgIpc) is 2.21. The minimum atomic E-state index is -0.126. The Labute approximate surface area is 97.1 Å². The van der Waals surface area contributed by atoms with E-state index in [-0.39, 0.29) is 5.82 Å². The van der Waals surface area contributed by atoms with Crippen molar-refractivity contribution < 1.29 is 4.39 Å². The summed E-state index contributed by atoms with van der Waals surface area (Å²) in [7, 11) is 2.03. The lowest BCUT2D eigenvalue weighted by atomic mass is 9.64. The van der Waals surface area contributed by atoms with Gasteiger partial charge in [-0.05, 0) is 55.5 Å². The van der Waals surface area contributed by atoms with Gasteiger partial charge in [-0.1, -0.05) is 19.4 Å². The molecule has 0 spiro atoms. The monoisotopic (exact) mass is 221 g/mol. The molecule has 1 aliphatic carbocycles. The van der Waals surface area contributed by atoms with E-state index in [0.717, 1.165) is 5.56 Å². The van der Waals surface area contributed by atoms with Crippen LogP contribution in [0.3, 0.4) is 0 Å². The van der Waals surface area contributed by atoms with Crippen molar-refractivity contribution in [1.29, 1.82) is 0 Å². The van der Waals surface area contributed by atoms with Crippen molar-refractivity contribution in [3.63, 3.8) is 0 Å². The molecule has 0 radical (unpaired) electrons. The molecule has 1 saturated carbocycles. The highest BCUT2D eigenvalue weighted by Crippen LogP contribution is 2.45. The van der Waals surface area contributed by atoms with E-state index >= 15 is 0 Å². The summed E-state index contributed by atoms with van der Waals surface area (Å²) in [5.74, 6) is 1.19. The fraction of sp³-hybridized carbons (Fsp3) is 0.571. The number of aryl methyl sites for hydroxylation is 1. The summed E-state index contributed by atoms with van der Waals surface area (Å²) in [6.45, 7) is 4.25. The molecular weight excluding hydrogens is 201 g/mol. The van der Waals surface area contributed by atoms with Gasteiger partial charge in [0.15, 0.2) is 0 Å². The minimum absolute atomic E-state index is 0.126. The van der Waals surface area contributed by atoms with Crippen molar-refractivity contribution in [3.8, 4) is 0 Å². The van der Waals surface area contributed by atoms with E-state index in [1.54, 1.807) is 12.1 Å². The van der Waals surface area contributed by atoms with Crippen molar-refractivity contribution in [2.45, 2.75) is 38.6 Å². The maximum atomic E-state index is 13.0. The molecular formula is C14H20FN. The van der Waals surface area contributed by atoms with Gasteiger partial charge in [-0.25, -0.2) is 4.39 Å². The average molecular weight is 221 g/mol. The Morgan fingerprint density at radius 2 is 2.19 bits per heavy atom. The second-order valence-electron chi connectivity index (χ2n) is 4.81. The maximum Gasteiger partial charge on any atom is 0.123 e. The van der Waals surface area contributed by atoms with Crippen LogP contribution in [0.25, 0.3) is 0 Å². The second kappa shape index (κ2) is 4.54.